The van der Waals surface area contributed by atoms with Gasteiger partial charge in [0.1, 0.15) is 24.2 Å². The van der Waals surface area contributed by atoms with Gasteiger partial charge in [-0.25, -0.2) is 19.6 Å². The van der Waals surface area contributed by atoms with Crippen molar-refractivity contribution in [2.45, 2.75) is 39.7 Å². The van der Waals surface area contributed by atoms with E-state index in [1.54, 1.807) is 11.0 Å². The fourth-order valence-electron chi connectivity index (χ4n) is 1.74. The summed E-state index contributed by atoms with van der Waals surface area (Å²) in [7, 11) is 0. The smallest absolute Gasteiger partial charge is 0.138 e. The molecule has 0 radical (unpaired) electrons. The van der Waals surface area contributed by atoms with Crippen molar-refractivity contribution in [3.63, 3.8) is 0 Å². The summed E-state index contributed by atoms with van der Waals surface area (Å²) in [5.74, 6) is 1.17. The standard InChI is InChI=1S/C13H20N6/c1-4-5-14-6-11-12(19-9-15-8-17-19)7-16-13(18-11)10(2)3/h7-10,14H,4-6H2,1-3H3. The number of hydrogen-bond donors (Lipinski definition) is 1. The third kappa shape index (κ3) is 3.35. The number of hydrogen-bond acceptors (Lipinski definition) is 5. The van der Waals surface area contributed by atoms with E-state index in [1.807, 2.05) is 6.20 Å². The van der Waals surface area contributed by atoms with Crippen molar-refractivity contribution < 1.29 is 0 Å². The summed E-state index contributed by atoms with van der Waals surface area (Å²) in [6, 6.07) is 0. The Hall–Kier alpha value is -1.82. The molecule has 0 fully saturated rings. The average molecular weight is 260 g/mol. The van der Waals surface area contributed by atoms with Gasteiger partial charge in [0.25, 0.3) is 0 Å². The van der Waals surface area contributed by atoms with Crippen LogP contribution in [0.3, 0.4) is 0 Å². The minimum Gasteiger partial charge on any atom is -0.311 e. The van der Waals surface area contributed by atoms with Crippen molar-refractivity contribution >= 4 is 0 Å². The fourth-order valence-corrected chi connectivity index (χ4v) is 1.74. The predicted octanol–water partition coefficient (Wildman–Crippen LogP) is 1.68. The first-order valence-corrected chi connectivity index (χ1v) is 6.64. The first-order chi connectivity index (χ1) is 9.22. The monoisotopic (exact) mass is 260 g/mol. The maximum Gasteiger partial charge on any atom is 0.138 e. The van der Waals surface area contributed by atoms with Gasteiger partial charge in [0.2, 0.25) is 0 Å². The molecule has 0 bridgehead atoms. The molecule has 2 heterocycles. The molecule has 0 unspecified atom stereocenters. The van der Waals surface area contributed by atoms with E-state index >= 15 is 0 Å². The van der Waals surface area contributed by atoms with E-state index in [4.69, 9.17) is 0 Å². The van der Waals surface area contributed by atoms with Gasteiger partial charge in [-0.1, -0.05) is 20.8 Å². The molecule has 6 nitrogen and oxygen atoms in total. The van der Waals surface area contributed by atoms with E-state index in [0.717, 1.165) is 30.2 Å². The van der Waals surface area contributed by atoms with Crippen molar-refractivity contribution in [2.75, 3.05) is 6.54 Å². The van der Waals surface area contributed by atoms with Crippen LogP contribution in [0.5, 0.6) is 0 Å². The Morgan fingerprint density at radius 3 is 2.84 bits per heavy atom. The molecule has 0 aromatic carbocycles. The molecular formula is C13H20N6. The first-order valence-electron chi connectivity index (χ1n) is 6.64. The van der Waals surface area contributed by atoms with E-state index in [0.29, 0.717) is 12.5 Å². The second-order valence-electron chi connectivity index (χ2n) is 4.73. The molecule has 2 aromatic heterocycles. The van der Waals surface area contributed by atoms with Crippen molar-refractivity contribution in [3.8, 4) is 5.69 Å². The number of nitrogens with zero attached hydrogens (tertiary/aromatic N) is 5. The second kappa shape index (κ2) is 6.38. The molecule has 19 heavy (non-hydrogen) atoms. The zero-order valence-corrected chi connectivity index (χ0v) is 11.7. The summed E-state index contributed by atoms with van der Waals surface area (Å²) < 4.78 is 1.70. The predicted molar refractivity (Wildman–Crippen MR) is 73.0 cm³/mol. The second-order valence-corrected chi connectivity index (χ2v) is 4.73. The Bertz CT molecular complexity index is 506. The van der Waals surface area contributed by atoms with Crippen LogP contribution in [0.25, 0.3) is 5.69 Å². The van der Waals surface area contributed by atoms with Crippen LogP contribution >= 0.6 is 0 Å². The minimum absolute atomic E-state index is 0.315. The van der Waals surface area contributed by atoms with Crippen molar-refractivity contribution in [3.05, 3.63) is 30.4 Å². The number of nitrogens with one attached hydrogen (secondary N) is 1. The van der Waals surface area contributed by atoms with Gasteiger partial charge in [0.15, 0.2) is 0 Å². The van der Waals surface area contributed by atoms with Gasteiger partial charge >= 0.3 is 0 Å². The molecule has 2 aromatic rings. The van der Waals surface area contributed by atoms with Crippen LogP contribution in [0, 0.1) is 0 Å². The van der Waals surface area contributed by atoms with Gasteiger partial charge in [-0.3, -0.25) is 0 Å². The Balaban J connectivity index is 2.30. The molecule has 0 spiro atoms. The van der Waals surface area contributed by atoms with E-state index in [9.17, 15) is 0 Å². The summed E-state index contributed by atoms with van der Waals surface area (Å²) in [4.78, 5) is 13.0. The molecule has 0 aliphatic rings. The first kappa shape index (κ1) is 13.6. The van der Waals surface area contributed by atoms with Crippen LogP contribution in [0.1, 0.15) is 44.6 Å². The summed E-state index contributed by atoms with van der Waals surface area (Å²) in [6.45, 7) is 8.01. The zero-order chi connectivity index (χ0) is 13.7. The van der Waals surface area contributed by atoms with E-state index in [2.05, 4.69) is 46.1 Å². The van der Waals surface area contributed by atoms with Crippen LogP contribution < -0.4 is 5.32 Å². The maximum absolute atomic E-state index is 4.64. The lowest BCUT2D eigenvalue weighted by atomic mass is 10.2. The normalized spacial score (nSPS) is 11.2. The van der Waals surface area contributed by atoms with Crippen molar-refractivity contribution in [1.82, 2.24) is 30.0 Å². The van der Waals surface area contributed by atoms with Crippen molar-refractivity contribution in [2.24, 2.45) is 0 Å². The van der Waals surface area contributed by atoms with Crippen molar-refractivity contribution in [1.29, 1.82) is 0 Å². The summed E-state index contributed by atoms with van der Waals surface area (Å²) in [5.41, 5.74) is 1.84. The Kier molecular flexibility index (Phi) is 4.57. The molecule has 0 amide bonds. The highest BCUT2D eigenvalue weighted by molar-refractivity contribution is 5.33. The van der Waals surface area contributed by atoms with Gasteiger partial charge in [0, 0.05) is 12.5 Å². The van der Waals surface area contributed by atoms with Crippen LogP contribution in [-0.4, -0.2) is 31.3 Å². The van der Waals surface area contributed by atoms with Gasteiger partial charge in [-0.15, -0.1) is 0 Å². The Labute approximate surface area is 113 Å². The molecule has 6 heteroatoms. The SMILES string of the molecule is CCCNCc1nc(C(C)C)ncc1-n1cncn1. The van der Waals surface area contributed by atoms with E-state index in [1.165, 1.54) is 6.33 Å². The van der Waals surface area contributed by atoms with Gasteiger partial charge < -0.3 is 5.32 Å². The topological polar surface area (TPSA) is 68.5 Å². The molecule has 1 N–H and O–H groups in total. The van der Waals surface area contributed by atoms with E-state index in [-0.39, 0.29) is 0 Å². The molecule has 0 aliphatic heterocycles. The lowest BCUT2D eigenvalue weighted by Gasteiger charge is -2.12. The summed E-state index contributed by atoms with van der Waals surface area (Å²) in [6.07, 6.45) is 6.09. The third-order valence-corrected chi connectivity index (χ3v) is 2.77. The van der Waals surface area contributed by atoms with Crippen LogP contribution in [0.2, 0.25) is 0 Å². The largest absolute Gasteiger partial charge is 0.311 e. The lowest BCUT2D eigenvalue weighted by Crippen LogP contribution is -2.18. The molecule has 2 rings (SSSR count). The summed E-state index contributed by atoms with van der Waals surface area (Å²) >= 11 is 0. The minimum atomic E-state index is 0.315. The maximum atomic E-state index is 4.64. The molecule has 0 atom stereocenters. The van der Waals surface area contributed by atoms with Gasteiger partial charge in [-0.2, -0.15) is 5.10 Å². The fraction of sp³-hybridized carbons (Fsp3) is 0.538. The third-order valence-electron chi connectivity index (χ3n) is 2.77. The zero-order valence-electron chi connectivity index (χ0n) is 11.7. The van der Waals surface area contributed by atoms with E-state index < -0.39 is 0 Å². The summed E-state index contributed by atoms with van der Waals surface area (Å²) in [5, 5.41) is 7.52. The Morgan fingerprint density at radius 1 is 1.37 bits per heavy atom. The average Bonchev–Trinajstić information content (AvgIpc) is 2.92. The highest BCUT2D eigenvalue weighted by Gasteiger charge is 2.11. The number of rotatable bonds is 6. The number of aromatic nitrogens is 5. The molecule has 102 valence electrons. The molecular weight excluding hydrogens is 240 g/mol. The quantitative estimate of drug-likeness (QED) is 0.800. The van der Waals surface area contributed by atoms with Gasteiger partial charge in [-0.05, 0) is 13.0 Å². The van der Waals surface area contributed by atoms with Crippen LogP contribution in [0.15, 0.2) is 18.9 Å². The van der Waals surface area contributed by atoms with Crippen LogP contribution in [-0.2, 0) is 6.54 Å². The highest BCUT2D eigenvalue weighted by atomic mass is 15.3. The molecule has 0 saturated carbocycles. The van der Waals surface area contributed by atoms with Crippen LogP contribution in [0.4, 0.5) is 0 Å². The van der Waals surface area contributed by atoms with Gasteiger partial charge in [0.05, 0.1) is 11.9 Å². The lowest BCUT2D eigenvalue weighted by molar-refractivity contribution is 0.644. The molecule has 0 saturated heterocycles. The Morgan fingerprint density at radius 2 is 2.21 bits per heavy atom. The highest BCUT2D eigenvalue weighted by Crippen LogP contribution is 2.14. The molecule has 0 aliphatic carbocycles.